The third-order valence-electron chi connectivity index (χ3n) is 5.95. The van der Waals surface area contributed by atoms with Crippen LogP contribution in [-0.4, -0.2) is 77.1 Å². The molecule has 2 aliphatic rings. The topological polar surface area (TPSA) is 147 Å². The maximum atomic E-state index is 10.3. The first-order valence-corrected chi connectivity index (χ1v) is 10.6. The quantitative estimate of drug-likeness (QED) is 0.413. The Hall–Kier alpha value is -2.76. The van der Waals surface area contributed by atoms with E-state index < -0.39 is 37.3 Å². The van der Waals surface area contributed by atoms with Crippen LogP contribution < -0.4 is 18.9 Å². The van der Waals surface area contributed by atoms with E-state index >= 15 is 0 Å². The summed E-state index contributed by atoms with van der Waals surface area (Å²) >= 11 is 0. The molecule has 2 aliphatic heterocycles. The lowest BCUT2D eigenvalue weighted by molar-refractivity contribution is -0.277. The van der Waals surface area contributed by atoms with Gasteiger partial charge < -0.3 is 49.2 Å². The van der Waals surface area contributed by atoms with Crippen molar-refractivity contribution < 1.29 is 49.2 Å². The van der Waals surface area contributed by atoms with Gasteiger partial charge >= 0.3 is 0 Å². The molecule has 2 aromatic rings. The number of aliphatic hydroxyl groups excluding tert-OH is 4. The fourth-order valence-electron chi connectivity index (χ4n) is 4.13. The molecule has 33 heavy (non-hydrogen) atoms. The first-order chi connectivity index (χ1) is 15.9. The molecular weight excluding hydrogens is 436 g/mol. The molecule has 6 atom stereocenters. The van der Waals surface area contributed by atoms with Crippen LogP contribution in [0.3, 0.4) is 0 Å². The number of methoxy groups -OCH3 is 2. The van der Waals surface area contributed by atoms with Crippen molar-refractivity contribution in [3.05, 3.63) is 41.5 Å². The molecule has 1 saturated heterocycles. The molecule has 5 N–H and O–H groups in total. The van der Waals surface area contributed by atoms with Gasteiger partial charge in [-0.1, -0.05) is 6.07 Å². The lowest BCUT2D eigenvalue weighted by atomic mass is 9.96. The summed E-state index contributed by atoms with van der Waals surface area (Å²) in [5, 5.41) is 49.9. The maximum absolute atomic E-state index is 10.3. The molecule has 0 radical (unpaired) electrons. The second-order valence-corrected chi connectivity index (χ2v) is 8.00. The SMILES string of the molecule is COc1ccc([C@@H]2CCc3c(O[C@@H]4O[C@H](CO)[C@H](O)[C@H](O)[C@H]4O)cc(O)cc3O2)cc1OC. The molecule has 0 aromatic heterocycles. The summed E-state index contributed by atoms with van der Waals surface area (Å²) in [5.41, 5.74) is 1.53. The van der Waals surface area contributed by atoms with Crippen molar-refractivity contribution in [3.63, 3.8) is 0 Å². The van der Waals surface area contributed by atoms with E-state index in [-0.39, 0.29) is 17.6 Å². The van der Waals surface area contributed by atoms with Crippen LogP contribution in [-0.2, 0) is 11.2 Å². The molecule has 180 valence electrons. The summed E-state index contributed by atoms with van der Waals surface area (Å²) in [6.45, 7) is -0.570. The van der Waals surface area contributed by atoms with Crippen LogP contribution in [0, 0.1) is 0 Å². The normalized spacial score (nSPS) is 29.0. The van der Waals surface area contributed by atoms with Crippen LogP contribution in [0.4, 0.5) is 0 Å². The molecule has 0 bridgehead atoms. The number of phenolic OH excluding ortho intramolecular Hbond substituents is 1. The first-order valence-electron chi connectivity index (χ1n) is 10.6. The molecule has 1 fully saturated rings. The summed E-state index contributed by atoms with van der Waals surface area (Å²) in [6.07, 6.45) is -6.28. The smallest absolute Gasteiger partial charge is 0.229 e. The molecule has 0 spiro atoms. The van der Waals surface area contributed by atoms with E-state index in [2.05, 4.69) is 0 Å². The number of aliphatic hydroxyl groups is 4. The average molecular weight is 464 g/mol. The molecule has 10 nitrogen and oxygen atoms in total. The van der Waals surface area contributed by atoms with Crippen molar-refractivity contribution in [1.29, 1.82) is 0 Å². The van der Waals surface area contributed by atoms with E-state index in [0.29, 0.717) is 35.7 Å². The molecule has 0 saturated carbocycles. The van der Waals surface area contributed by atoms with E-state index in [4.69, 9.17) is 23.7 Å². The van der Waals surface area contributed by atoms with Gasteiger partial charge in [-0.3, -0.25) is 0 Å². The number of phenols is 1. The fraction of sp³-hybridized carbons (Fsp3) is 0.478. The van der Waals surface area contributed by atoms with Gasteiger partial charge in [0.15, 0.2) is 11.5 Å². The van der Waals surface area contributed by atoms with Crippen molar-refractivity contribution in [1.82, 2.24) is 0 Å². The summed E-state index contributed by atoms with van der Waals surface area (Å²) in [4.78, 5) is 0. The van der Waals surface area contributed by atoms with Gasteiger partial charge in [-0.05, 0) is 30.5 Å². The Labute approximate surface area is 190 Å². The Morgan fingerprint density at radius 2 is 1.70 bits per heavy atom. The van der Waals surface area contributed by atoms with Gasteiger partial charge in [0.1, 0.15) is 47.8 Å². The lowest BCUT2D eigenvalue weighted by Crippen LogP contribution is -2.60. The third kappa shape index (κ3) is 4.53. The Kier molecular flexibility index (Phi) is 6.82. The Morgan fingerprint density at radius 3 is 2.39 bits per heavy atom. The van der Waals surface area contributed by atoms with E-state index in [9.17, 15) is 25.5 Å². The maximum Gasteiger partial charge on any atom is 0.229 e. The molecule has 10 heteroatoms. The second-order valence-electron chi connectivity index (χ2n) is 8.00. The van der Waals surface area contributed by atoms with Gasteiger partial charge in [-0.2, -0.15) is 0 Å². The fourth-order valence-corrected chi connectivity index (χ4v) is 4.13. The van der Waals surface area contributed by atoms with Crippen LogP contribution in [0.2, 0.25) is 0 Å². The lowest BCUT2D eigenvalue weighted by Gasteiger charge is -2.40. The zero-order valence-corrected chi connectivity index (χ0v) is 18.2. The van der Waals surface area contributed by atoms with E-state index in [0.717, 1.165) is 5.56 Å². The predicted octanol–water partition coefficient (Wildman–Crippen LogP) is 0.654. The van der Waals surface area contributed by atoms with E-state index in [1.54, 1.807) is 20.3 Å². The molecule has 4 rings (SSSR count). The molecule has 0 amide bonds. The summed E-state index contributed by atoms with van der Waals surface area (Å²) in [5.74, 6) is 1.67. The van der Waals surface area contributed by atoms with Gasteiger partial charge in [0.25, 0.3) is 0 Å². The van der Waals surface area contributed by atoms with Crippen LogP contribution in [0.1, 0.15) is 23.7 Å². The van der Waals surface area contributed by atoms with Crippen LogP contribution >= 0.6 is 0 Å². The second kappa shape index (κ2) is 9.62. The van der Waals surface area contributed by atoms with Crippen molar-refractivity contribution in [3.8, 4) is 28.7 Å². The minimum absolute atomic E-state index is 0.124. The standard InChI is InChI=1S/C23H28O10/c1-29-15-5-3-11(7-18(15)30-2)14-6-4-13-16(31-14)8-12(25)9-17(13)32-23-22(28)21(27)20(26)19(10-24)33-23/h3,5,7-9,14,19-28H,4,6,10H2,1-2H3/t14-,19+,20-,21-,22+,23+/m0/s1. The van der Waals surface area contributed by atoms with Gasteiger partial charge in [0.05, 0.1) is 20.8 Å². The average Bonchev–Trinajstić information content (AvgIpc) is 2.83. The monoisotopic (exact) mass is 464 g/mol. The molecule has 0 aliphatic carbocycles. The highest BCUT2D eigenvalue weighted by Crippen LogP contribution is 2.44. The minimum Gasteiger partial charge on any atom is -0.508 e. The van der Waals surface area contributed by atoms with Gasteiger partial charge in [0.2, 0.25) is 6.29 Å². The minimum atomic E-state index is -1.57. The third-order valence-corrected chi connectivity index (χ3v) is 5.95. The molecule has 0 unspecified atom stereocenters. The summed E-state index contributed by atoms with van der Waals surface area (Å²) in [6, 6.07) is 8.35. The van der Waals surface area contributed by atoms with Crippen LogP contribution in [0.25, 0.3) is 0 Å². The van der Waals surface area contributed by atoms with Gasteiger partial charge in [-0.15, -0.1) is 0 Å². The van der Waals surface area contributed by atoms with E-state index in [1.807, 2.05) is 12.1 Å². The number of hydrogen-bond donors (Lipinski definition) is 5. The number of hydrogen-bond acceptors (Lipinski definition) is 10. The van der Waals surface area contributed by atoms with Crippen molar-refractivity contribution >= 4 is 0 Å². The highest BCUT2D eigenvalue weighted by molar-refractivity contribution is 5.52. The molecular formula is C23H28O10. The highest BCUT2D eigenvalue weighted by Gasteiger charge is 2.45. The zero-order chi connectivity index (χ0) is 23.7. The zero-order valence-electron chi connectivity index (χ0n) is 18.2. The number of rotatable bonds is 6. The van der Waals surface area contributed by atoms with Crippen LogP contribution in [0.15, 0.2) is 30.3 Å². The predicted molar refractivity (Wildman–Crippen MR) is 114 cm³/mol. The largest absolute Gasteiger partial charge is 0.508 e. The van der Waals surface area contributed by atoms with Crippen molar-refractivity contribution in [2.75, 3.05) is 20.8 Å². The molecule has 2 heterocycles. The number of benzene rings is 2. The van der Waals surface area contributed by atoms with Gasteiger partial charge in [0, 0.05) is 17.7 Å². The number of ether oxygens (including phenoxy) is 5. The Morgan fingerprint density at radius 1 is 0.939 bits per heavy atom. The summed E-state index contributed by atoms with van der Waals surface area (Å²) in [7, 11) is 3.12. The first kappa shape index (κ1) is 23.4. The number of fused-ring (bicyclic) bond motifs is 1. The molecule has 2 aromatic carbocycles. The van der Waals surface area contributed by atoms with Crippen LogP contribution in [0.5, 0.6) is 28.7 Å². The van der Waals surface area contributed by atoms with Crippen molar-refractivity contribution in [2.45, 2.75) is 49.7 Å². The van der Waals surface area contributed by atoms with Gasteiger partial charge in [-0.25, -0.2) is 0 Å². The summed E-state index contributed by atoms with van der Waals surface area (Å²) < 4.78 is 28.0. The number of aromatic hydroxyl groups is 1. The van der Waals surface area contributed by atoms with E-state index in [1.165, 1.54) is 12.1 Å². The van der Waals surface area contributed by atoms with Crippen molar-refractivity contribution in [2.24, 2.45) is 0 Å². The Bertz CT molecular complexity index is 978. The Balaban J connectivity index is 1.57. The highest BCUT2D eigenvalue weighted by atomic mass is 16.7.